The van der Waals surface area contributed by atoms with Crippen LogP contribution in [0.4, 0.5) is 0 Å². The third kappa shape index (κ3) is 1.82. The van der Waals surface area contributed by atoms with Crippen molar-refractivity contribution in [3.05, 3.63) is 71.3 Å². The van der Waals surface area contributed by atoms with E-state index in [9.17, 15) is 4.79 Å². The number of carbonyl (C=O) groups excluding carboxylic acids is 1. The van der Waals surface area contributed by atoms with Gasteiger partial charge in [-0.15, -0.1) is 0 Å². The predicted octanol–water partition coefficient (Wildman–Crippen LogP) is 4.45. The lowest BCUT2D eigenvalue weighted by atomic mass is 9.92. The van der Waals surface area contributed by atoms with Crippen LogP contribution in [0.2, 0.25) is 0 Å². The molecule has 0 saturated carbocycles. The Kier molecular flexibility index (Phi) is 2.83. The average Bonchev–Trinajstić information content (AvgIpc) is 2.74. The topological polar surface area (TPSA) is 17.1 Å². The second-order valence-electron chi connectivity index (χ2n) is 5.18. The average molecular weight is 248 g/mol. The summed E-state index contributed by atoms with van der Waals surface area (Å²) in [4.78, 5) is 12.7. The molecular formula is C18H16O. The molecule has 0 aliphatic heterocycles. The Balaban J connectivity index is 2.28. The molecule has 0 saturated heterocycles. The fourth-order valence-electron chi connectivity index (χ4n) is 2.80. The number of carbonyl (C=O) groups is 1. The number of rotatable bonds is 2. The molecule has 0 N–H and O–H groups in total. The van der Waals surface area contributed by atoms with Crippen molar-refractivity contribution in [1.82, 2.24) is 0 Å². The SMILES string of the molecule is CC(C)C1=C(c2ccccc2)C(=O)c2ccccc21. The zero-order chi connectivity index (χ0) is 13.4. The molecule has 1 aliphatic rings. The van der Waals surface area contributed by atoms with E-state index in [0.717, 1.165) is 22.3 Å². The first-order valence-electron chi connectivity index (χ1n) is 6.64. The van der Waals surface area contributed by atoms with Gasteiger partial charge in [0.05, 0.1) is 0 Å². The van der Waals surface area contributed by atoms with Crippen molar-refractivity contribution in [3.63, 3.8) is 0 Å². The second kappa shape index (κ2) is 4.51. The molecule has 19 heavy (non-hydrogen) atoms. The number of Topliss-reactive ketones (excluding diaryl/α,β-unsaturated/α-hetero) is 1. The summed E-state index contributed by atoms with van der Waals surface area (Å²) in [7, 11) is 0. The zero-order valence-electron chi connectivity index (χ0n) is 11.2. The zero-order valence-corrected chi connectivity index (χ0v) is 11.2. The largest absolute Gasteiger partial charge is 0.289 e. The molecule has 0 heterocycles. The molecule has 0 atom stereocenters. The molecule has 2 aromatic rings. The maximum Gasteiger partial charge on any atom is 0.194 e. The number of benzene rings is 2. The van der Waals surface area contributed by atoms with Crippen LogP contribution < -0.4 is 0 Å². The lowest BCUT2D eigenvalue weighted by molar-refractivity contribution is 0.105. The third-order valence-electron chi connectivity index (χ3n) is 3.60. The second-order valence-corrected chi connectivity index (χ2v) is 5.18. The normalized spacial score (nSPS) is 14.2. The van der Waals surface area contributed by atoms with Gasteiger partial charge in [-0.05, 0) is 22.6 Å². The molecule has 0 radical (unpaired) electrons. The highest BCUT2D eigenvalue weighted by Gasteiger charge is 2.31. The van der Waals surface area contributed by atoms with Crippen molar-refractivity contribution in [2.75, 3.05) is 0 Å². The van der Waals surface area contributed by atoms with Crippen LogP contribution in [-0.4, -0.2) is 5.78 Å². The molecule has 3 rings (SSSR count). The van der Waals surface area contributed by atoms with Gasteiger partial charge < -0.3 is 0 Å². The van der Waals surface area contributed by atoms with Gasteiger partial charge >= 0.3 is 0 Å². The first-order chi connectivity index (χ1) is 9.20. The Morgan fingerprint density at radius 3 is 2.00 bits per heavy atom. The summed E-state index contributed by atoms with van der Waals surface area (Å²) < 4.78 is 0. The fraction of sp³-hybridized carbons (Fsp3) is 0.167. The molecule has 1 aliphatic carbocycles. The van der Waals surface area contributed by atoms with Crippen LogP contribution in [0.1, 0.15) is 35.3 Å². The molecule has 0 fully saturated rings. The van der Waals surface area contributed by atoms with Crippen LogP contribution in [0, 0.1) is 5.92 Å². The van der Waals surface area contributed by atoms with Crippen molar-refractivity contribution in [2.45, 2.75) is 13.8 Å². The highest BCUT2D eigenvalue weighted by atomic mass is 16.1. The third-order valence-corrected chi connectivity index (χ3v) is 3.60. The quantitative estimate of drug-likeness (QED) is 0.767. The standard InChI is InChI=1S/C18H16O/c1-12(2)16-14-10-6-7-11-15(14)18(19)17(16)13-8-4-3-5-9-13/h3-12H,1-2H3. The van der Waals surface area contributed by atoms with E-state index in [-0.39, 0.29) is 5.78 Å². The summed E-state index contributed by atoms with van der Waals surface area (Å²) in [6.45, 7) is 4.29. The molecule has 0 bridgehead atoms. The molecule has 2 aromatic carbocycles. The molecule has 94 valence electrons. The predicted molar refractivity (Wildman–Crippen MR) is 78.9 cm³/mol. The summed E-state index contributed by atoms with van der Waals surface area (Å²) in [6.07, 6.45) is 0. The molecule has 1 nitrogen and oxygen atoms in total. The maximum absolute atomic E-state index is 12.7. The summed E-state index contributed by atoms with van der Waals surface area (Å²) in [5, 5.41) is 0. The van der Waals surface area contributed by atoms with Gasteiger partial charge in [0, 0.05) is 11.1 Å². The first kappa shape index (κ1) is 11.9. The Labute approximate surface area is 113 Å². The number of ketones is 1. The lowest BCUT2D eigenvalue weighted by Gasteiger charge is -2.11. The summed E-state index contributed by atoms with van der Waals surface area (Å²) in [5.41, 5.74) is 5.00. The van der Waals surface area contributed by atoms with Crippen LogP contribution in [0.25, 0.3) is 11.1 Å². The summed E-state index contributed by atoms with van der Waals surface area (Å²) in [6, 6.07) is 17.9. The van der Waals surface area contributed by atoms with Crippen molar-refractivity contribution in [2.24, 2.45) is 5.92 Å². The van der Waals surface area contributed by atoms with E-state index in [4.69, 9.17) is 0 Å². The highest BCUT2D eigenvalue weighted by molar-refractivity contribution is 6.40. The summed E-state index contributed by atoms with van der Waals surface area (Å²) in [5.74, 6) is 0.494. The van der Waals surface area contributed by atoms with Crippen molar-refractivity contribution in [1.29, 1.82) is 0 Å². The number of hydrogen-bond donors (Lipinski definition) is 0. The maximum atomic E-state index is 12.7. The Morgan fingerprint density at radius 1 is 0.789 bits per heavy atom. The smallest absolute Gasteiger partial charge is 0.194 e. The van der Waals surface area contributed by atoms with Gasteiger partial charge in [0.25, 0.3) is 0 Å². The minimum atomic E-state index is 0.158. The van der Waals surface area contributed by atoms with Gasteiger partial charge in [0.1, 0.15) is 0 Å². The van der Waals surface area contributed by atoms with E-state index in [2.05, 4.69) is 19.9 Å². The molecule has 0 amide bonds. The molecule has 0 aromatic heterocycles. The van der Waals surface area contributed by atoms with Gasteiger partial charge in [-0.25, -0.2) is 0 Å². The minimum Gasteiger partial charge on any atom is -0.289 e. The minimum absolute atomic E-state index is 0.158. The van der Waals surface area contributed by atoms with E-state index < -0.39 is 0 Å². The Hall–Kier alpha value is -2.15. The monoisotopic (exact) mass is 248 g/mol. The van der Waals surface area contributed by atoms with Gasteiger partial charge in [0.2, 0.25) is 0 Å². The number of allylic oxidation sites excluding steroid dienone is 2. The lowest BCUT2D eigenvalue weighted by Crippen LogP contribution is -1.98. The van der Waals surface area contributed by atoms with Gasteiger partial charge in [-0.2, -0.15) is 0 Å². The van der Waals surface area contributed by atoms with Crippen LogP contribution in [0.15, 0.2) is 54.6 Å². The molecular weight excluding hydrogens is 232 g/mol. The van der Waals surface area contributed by atoms with Gasteiger partial charge in [-0.3, -0.25) is 4.79 Å². The Bertz CT molecular complexity index is 663. The fourth-order valence-corrected chi connectivity index (χ4v) is 2.80. The highest BCUT2D eigenvalue weighted by Crippen LogP contribution is 2.41. The van der Waals surface area contributed by atoms with E-state index in [0.29, 0.717) is 5.92 Å². The molecule has 0 spiro atoms. The molecule has 0 unspecified atom stereocenters. The van der Waals surface area contributed by atoms with Crippen LogP contribution in [0.3, 0.4) is 0 Å². The van der Waals surface area contributed by atoms with Crippen molar-refractivity contribution in [3.8, 4) is 0 Å². The van der Waals surface area contributed by atoms with E-state index in [1.807, 2.05) is 48.5 Å². The van der Waals surface area contributed by atoms with Gasteiger partial charge in [-0.1, -0.05) is 68.4 Å². The van der Waals surface area contributed by atoms with Crippen molar-refractivity contribution < 1.29 is 4.79 Å². The van der Waals surface area contributed by atoms with Crippen LogP contribution in [-0.2, 0) is 0 Å². The Morgan fingerprint density at radius 2 is 1.37 bits per heavy atom. The number of fused-ring (bicyclic) bond motifs is 1. The van der Waals surface area contributed by atoms with E-state index >= 15 is 0 Å². The van der Waals surface area contributed by atoms with Crippen LogP contribution in [0.5, 0.6) is 0 Å². The van der Waals surface area contributed by atoms with Crippen LogP contribution >= 0.6 is 0 Å². The van der Waals surface area contributed by atoms with E-state index in [1.165, 1.54) is 5.57 Å². The first-order valence-corrected chi connectivity index (χ1v) is 6.64. The van der Waals surface area contributed by atoms with E-state index in [1.54, 1.807) is 0 Å². The van der Waals surface area contributed by atoms with Crippen molar-refractivity contribution >= 4 is 16.9 Å². The number of hydrogen-bond acceptors (Lipinski definition) is 1. The van der Waals surface area contributed by atoms with Gasteiger partial charge in [0.15, 0.2) is 5.78 Å². The summed E-state index contributed by atoms with van der Waals surface area (Å²) >= 11 is 0. The molecule has 1 heteroatoms.